The molecule has 20 heavy (non-hydrogen) atoms. The van der Waals surface area contributed by atoms with Gasteiger partial charge in [-0.25, -0.2) is 0 Å². The predicted molar refractivity (Wildman–Crippen MR) is 81.9 cm³/mol. The largest absolute Gasteiger partial charge is 0.334 e. The highest BCUT2D eigenvalue weighted by molar-refractivity contribution is 7.10. The Hall–Kier alpha value is -0.910. The van der Waals surface area contributed by atoms with Crippen molar-refractivity contribution in [1.29, 1.82) is 0 Å². The fourth-order valence-electron chi connectivity index (χ4n) is 3.34. The van der Waals surface area contributed by atoms with Crippen LogP contribution in [0.3, 0.4) is 0 Å². The molecule has 2 fully saturated rings. The van der Waals surface area contributed by atoms with Gasteiger partial charge in [-0.05, 0) is 37.8 Å². The summed E-state index contributed by atoms with van der Waals surface area (Å²) >= 11 is 1.77. The van der Waals surface area contributed by atoms with Crippen molar-refractivity contribution in [1.82, 2.24) is 15.1 Å². The van der Waals surface area contributed by atoms with E-state index in [1.165, 1.54) is 4.88 Å². The van der Waals surface area contributed by atoms with E-state index < -0.39 is 0 Å². The van der Waals surface area contributed by atoms with Gasteiger partial charge in [0.1, 0.15) is 0 Å². The molecule has 2 aliphatic rings. The van der Waals surface area contributed by atoms with Crippen LogP contribution in [0.15, 0.2) is 17.5 Å². The quantitative estimate of drug-likeness (QED) is 0.918. The summed E-state index contributed by atoms with van der Waals surface area (Å²) in [6.45, 7) is 3.54. The van der Waals surface area contributed by atoms with E-state index in [2.05, 4.69) is 32.6 Å². The first kappa shape index (κ1) is 14.0. The van der Waals surface area contributed by atoms with Gasteiger partial charge in [-0.2, -0.15) is 0 Å². The maximum Gasteiger partial charge on any atom is 0.237 e. The number of nitrogens with zero attached hydrogens (tertiary/aromatic N) is 2. The molecule has 0 aliphatic carbocycles. The van der Waals surface area contributed by atoms with Crippen LogP contribution >= 0.6 is 11.3 Å². The molecule has 2 saturated heterocycles. The van der Waals surface area contributed by atoms with Crippen LogP contribution in [0.4, 0.5) is 0 Å². The summed E-state index contributed by atoms with van der Waals surface area (Å²) in [5.41, 5.74) is 0. The van der Waals surface area contributed by atoms with E-state index in [0.717, 1.165) is 38.9 Å². The topological polar surface area (TPSA) is 35.6 Å². The summed E-state index contributed by atoms with van der Waals surface area (Å²) < 4.78 is 0. The number of nitrogens with one attached hydrogen (secondary N) is 1. The van der Waals surface area contributed by atoms with E-state index in [1.807, 2.05) is 7.05 Å². The van der Waals surface area contributed by atoms with Gasteiger partial charge in [0.15, 0.2) is 0 Å². The normalized spacial score (nSPS) is 27.4. The highest BCUT2D eigenvalue weighted by Gasteiger charge is 2.32. The third kappa shape index (κ3) is 2.90. The summed E-state index contributed by atoms with van der Waals surface area (Å²) in [5.74, 6) is 0.303. The Labute approximate surface area is 124 Å². The van der Waals surface area contributed by atoms with Gasteiger partial charge in [0.05, 0.1) is 12.6 Å². The third-order valence-electron chi connectivity index (χ3n) is 4.48. The minimum absolute atomic E-state index is 0.303. The number of hydrogen-bond acceptors (Lipinski definition) is 4. The van der Waals surface area contributed by atoms with Crippen LogP contribution in [0.1, 0.15) is 30.2 Å². The van der Waals surface area contributed by atoms with Gasteiger partial charge < -0.3 is 10.2 Å². The molecule has 0 radical (unpaired) electrons. The number of carbonyl (C=O) groups excluding carboxylic acids is 1. The number of rotatable bonds is 4. The van der Waals surface area contributed by atoms with Gasteiger partial charge in [-0.1, -0.05) is 6.07 Å². The zero-order valence-electron chi connectivity index (χ0n) is 12.0. The van der Waals surface area contributed by atoms with Crippen molar-refractivity contribution in [3.63, 3.8) is 0 Å². The van der Waals surface area contributed by atoms with Crippen molar-refractivity contribution in [2.45, 2.75) is 31.3 Å². The van der Waals surface area contributed by atoms with Crippen molar-refractivity contribution in [3.05, 3.63) is 22.4 Å². The van der Waals surface area contributed by atoms with Crippen LogP contribution in [-0.4, -0.2) is 55.0 Å². The van der Waals surface area contributed by atoms with Crippen LogP contribution in [0.2, 0.25) is 0 Å². The van der Waals surface area contributed by atoms with E-state index in [4.69, 9.17) is 0 Å². The molecule has 0 spiro atoms. The number of amides is 1. The van der Waals surface area contributed by atoms with E-state index in [-0.39, 0.29) is 0 Å². The van der Waals surface area contributed by atoms with E-state index in [0.29, 0.717) is 24.5 Å². The average molecular weight is 293 g/mol. The molecule has 0 bridgehead atoms. The van der Waals surface area contributed by atoms with Gasteiger partial charge in [-0.15, -0.1) is 11.3 Å². The van der Waals surface area contributed by atoms with E-state index in [9.17, 15) is 4.79 Å². The lowest BCUT2D eigenvalue weighted by Crippen LogP contribution is -2.40. The van der Waals surface area contributed by atoms with Crippen LogP contribution in [0.5, 0.6) is 0 Å². The van der Waals surface area contributed by atoms with Gasteiger partial charge in [0.25, 0.3) is 0 Å². The second kappa shape index (κ2) is 6.24. The summed E-state index contributed by atoms with van der Waals surface area (Å²) in [6, 6.07) is 5.12. The summed E-state index contributed by atoms with van der Waals surface area (Å²) in [6.07, 6.45) is 3.40. The fourth-order valence-corrected chi connectivity index (χ4v) is 4.21. The van der Waals surface area contributed by atoms with E-state index in [1.54, 1.807) is 11.3 Å². The third-order valence-corrected chi connectivity index (χ3v) is 5.46. The predicted octanol–water partition coefficient (Wildman–Crippen LogP) is 1.71. The Morgan fingerprint density at radius 3 is 3.05 bits per heavy atom. The second-order valence-corrected chi connectivity index (χ2v) is 6.75. The summed E-state index contributed by atoms with van der Waals surface area (Å²) in [4.78, 5) is 18.3. The van der Waals surface area contributed by atoms with Crippen LogP contribution < -0.4 is 5.32 Å². The molecule has 1 aromatic heterocycles. The van der Waals surface area contributed by atoms with Crippen molar-refractivity contribution < 1.29 is 4.79 Å². The molecule has 0 saturated carbocycles. The monoisotopic (exact) mass is 293 g/mol. The van der Waals surface area contributed by atoms with Crippen molar-refractivity contribution in [3.8, 4) is 0 Å². The van der Waals surface area contributed by atoms with Gasteiger partial charge in [0, 0.05) is 30.6 Å². The lowest BCUT2D eigenvalue weighted by Gasteiger charge is -2.26. The average Bonchev–Trinajstić information content (AvgIpc) is 3.19. The number of likely N-dealkylation sites (N-methyl/N-ethyl adjacent to an activating group) is 1. The zero-order chi connectivity index (χ0) is 13.9. The SMILES string of the molecule is CNC1CCN(CC(=O)N2CCCC2c2cccs2)C1. The zero-order valence-corrected chi connectivity index (χ0v) is 12.9. The molecule has 1 amide bonds. The maximum absolute atomic E-state index is 12.6. The molecule has 3 rings (SSSR count). The molecule has 4 nitrogen and oxygen atoms in total. The first-order chi connectivity index (χ1) is 9.78. The number of likely N-dealkylation sites (tertiary alicyclic amines) is 2. The lowest BCUT2D eigenvalue weighted by molar-refractivity contribution is -0.133. The Morgan fingerprint density at radius 1 is 1.45 bits per heavy atom. The first-order valence-corrected chi connectivity index (χ1v) is 8.38. The highest BCUT2D eigenvalue weighted by atomic mass is 32.1. The minimum Gasteiger partial charge on any atom is -0.334 e. The smallest absolute Gasteiger partial charge is 0.237 e. The van der Waals surface area contributed by atoms with Gasteiger partial charge in [-0.3, -0.25) is 9.69 Å². The van der Waals surface area contributed by atoms with Crippen molar-refractivity contribution in [2.24, 2.45) is 0 Å². The number of thiophene rings is 1. The molecule has 5 heteroatoms. The Bertz CT molecular complexity index is 448. The van der Waals surface area contributed by atoms with Gasteiger partial charge >= 0.3 is 0 Å². The molecule has 2 aliphatic heterocycles. The lowest BCUT2D eigenvalue weighted by atomic mass is 10.2. The first-order valence-electron chi connectivity index (χ1n) is 7.50. The molecule has 110 valence electrons. The molecular weight excluding hydrogens is 270 g/mol. The summed E-state index contributed by atoms with van der Waals surface area (Å²) in [7, 11) is 2.00. The Kier molecular flexibility index (Phi) is 4.38. The van der Waals surface area contributed by atoms with Gasteiger partial charge in [0.2, 0.25) is 5.91 Å². The molecule has 2 unspecified atom stereocenters. The van der Waals surface area contributed by atoms with Crippen molar-refractivity contribution in [2.75, 3.05) is 33.2 Å². The minimum atomic E-state index is 0.303. The van der Waals surface area contributed by atoms with E-state index >= 15 is 0 Å². The molecule has 1 N–H and O–H groups in total. The molecule has 0 aromatic carbocycles. The fraction of sp³-hybridized carbons (Fsp3) is 0.667. The van der Waals surface area contributed by atoms with Crippen LogP contribution in [-0.2, 0) is 4.79 Å². The van der Waals surface area contributed by atoms with Crippen molar-refractivity contribution >= 4 is 17.2 Å². The number of hydrogen-bond donors (Lipinski definition) is 1. The Balaban J connectivity index is 1.59. The molecule has 3 heterocycles. The Morgan fingerprint density at radius 2 is 2.35 bits per heavy atom. The summed E-state index contributed by atoms with van der Waals surface area (Å²) in [5, 5.41) is 5.41. The maximum atomic E-state index is 12.6. The highest BCUT2D eigenvalue weighted by Crippen LogP contribution is 2.34. The van der Waals surface area contributed by atoms with Crippen LogP contribution in [0.25, 0.3) is 0 Å². The second-order valence-electron chi connectivity index (χ2n) is 5.77. The molecular formula is C15H23N3OS. The standard InChI is InChI=1S/C15H23N3OS/c1-16-12-6-8-17(10-12)11-15(19)18-7-2-4-13(18)14-5-3-9-20-14/h3,5,9,12-13,16H,2,4,6-8,10-11H2,1H3. The van der Waals surface area contributed by atoms with Crippen LogP contribution in [0, 0.1) is 0 Å². The molecule has 1 aromatic rings. The molecule has 2 atom stereocenters. The number of carbonyl (C=O) groups is 1.